The van der Waals surface area contributed by atoms with E-state index in [2.05, 4.69) is 4.98 Å². The van der Waals surface area contributed by atoms with Crippen molar-refractivity contribution < 1.29 is 17.9 Å². The molecule has 3 aromatic rings. The summed E-state index contributed by atoms with van der Waals surface area (Å²) in [6.07, 6.45) is 3.33. The molecular formula is C15H11Cl2N3O4S. The van der Waals surface area contributed by atoms with Crippen LogP contribution in [-0.2, 0) is 21.4 Å². The van der Waals surface area contributed by atoms with E-state index in [1.165, 1.54) is 12.1 Å². The highest BCUT2D eigenvalue weighted by atomic mass is 35.5. The summed E-state index contributed by atoms with van der Waals surface area (Å²) in [5, 5.41) is 5.65. The van der Waals surface area contributed by atoms with Gasteiger partial charge in [0.25, 0.3) is 0 Å². The quantitative estimate of drug-likeness (QED) is 0.678. The van der Waals surface area contributed by atoms with Crippen molar-refractivity contribution >= 4 is 44.8 Å². The molecule has 0 spiro atoms. The van der Waals surface area contributed by atoms with Crippen LogP contribution in [0.25, 0.3) is 5.65 Å². The van der Waals surface area contributed by atoms with Crippen molar-refractivity contribution in [3.05, 3.63) is 64.0 Å². The van der Waals surface area contributed by atoms with Gasteiger partial charge >= 0.3 is 5.97 Å². The number of aromatic nitrogens is 2. The number of hydrogen-bond acceptors (Lipinski definition) is 5. The normalized spacial score (nSPS) is 11.6. The van der Waals surface area contributed by atoms with Crippen molar-refractivity contribution in [1.29, 1.82) is 0 Å². The lowest BCUT2D eigenvalue weighted by Crippen LogP contribution is -2.14. The summed E-state index contributed by atoms with van der Waals surface area (Å²) in [5.41, 5.74) is 1.04. The number of benzene rings is 1. The molecule has 0 fully saturated rings. The number of hydrogen-bond donors (Lipinski definition) is 1. The molecular weight excluding hydrogens is 389 g/mol. The first kappa shape index (κ1) is 17.7. The van der Waals surface area contributed by atoms with Gasteiger partial charge in [-0.05, 0) is 30.3 Å². The first-order chi connectivity index (χ1) is 11.7. The Kier molecular flexibility index (Phi) is 4.70. The van der Waals surface area contributed by atoms with E-state index in [1.54, 1.807) is 28.9 Å². The second-order valence-corrected chi connectivity index (χ2v) is 7.51. The summed E-state index contributed by atoms with van der Waals surface area (Å²) in [6.45, 7) is -0.117. The van der Waals surface area contributed by atoms with Crippen LogP contribution in [0.2, 0.25) is 10.0 Å². The number of primary sulfonamides is 1. The highest BCUT2D eigenvalue weighted by molar-refractivity contribution is 7.89. The zero-order valence-electron chi connectivity index (χ0n) is 12.5. The molecule has 7 nitrogen and oxygen atoms in total. The number of pyridine rings is 1. The second-order valence-electron chi connectivity index (χ2n) is 5.11. The Morgan fingerprint density at radius 3 is 2.68 bits per heavy atom. The van der Waals surface area contributed by atoms with Gasteiger partial charge in [-0.1, -0.05) is 23.2 Å². The van der Waals surface area contributed by atoms with E-state index in [-0.39, 0.29) is 22.1 Å². The van der Waals surface area contributed by atoms with Crippen molar-refractivity contribution in [1.82, 2.24) is 9.38 Å². The Morgan fingerprint density at radius 1 is 1.20 bits per heavy atom. The van der Waals surface area contributed by atoms with Crippen molar-refractivity contribution in [3.63, 3.8) is 0 Å². The Hall–Kier alpha value is -2.13. The number of halogens is 2. The molecule has 0 atom stereocenters. The number of carbonyl (C=O) groups excluding carboxylic acids is 1. The third-order valence-electron chi connectivity index (χ3n) is 3.30. The number of nitrogens with zero attached hydrogens (tertiary/aromatic N) is 2. The van der Waals surface area contributed by atoms with E-state index in [0.717, 1.165) is 6.07 Å². The van der Waals surface area contributed by atoms with Crippen LogP contribution in [0.1, 0.15) is 16.1 Å². The zero-order chi connectivity index (χ0) is 18.2. The number of carbonyl (C=O) groups is 1. The number of sulfonamides is 1. The number of rotatable bonds is 4. The van der Waals surface area contributed by atoms with Gasteiger partial charge in [-0.3, -0.25) is 0 Å². The highest BCUT2D eigenvalue weighted by Gasteiger charge is 2.17. The summed E-state index contributed by atoms with van der Waals surface area (Å²) in [5.74, 6) is -0.786. The lowest BCUT2D eigenvalue weighted by atomic mass is 10.2. The minimum Gasteiger partial charge on any atom is -0.455 e. The molecule has 0 aliphatic heterocycles. The highest BCUT2D eigenvalue weighted by Crippen LogP contribution is 2.21. The van der Waals surface area contributed by atoms with Crippen LogP contribution in [-0.4, -0.2) is 23.8 Å². The molecule has 0 saturated heterocycles. The van der Waals surface area contributed by atoms with Crippen LogP contribution in [0, 0.1) is 0 Å². The van der Waals surface area contributed by atoms with Crippen LogP contribution in [0.15, 0.2) is 47.6 Å². The molecule has 0 aliphatic carbocycles. The van der Waals surface area contributed by atoms with Gasteiger partial charge < -0.3 is 9.14 Å². The van der Waals surface area contributed by atoms with E-state index in [0.29, 0.717) is 16.4 Å². The fourth-order valence-electron chi connectivity index (χ4n) is 2.14. The Morgan fingerprint density at radius 2 is 1.96 bits per heavy atom. The monoisotopic (exact) mass is 399 g/mol. The van der Waals surface area contributed by atoms with Gasteiger partial charge in [-0.15, -0.1) is 0 Å². The van der Waals surface area contributed by atoms with E-state index in [1.807, 2.05) is 0 Å². The first-order valence-corrected chi connectivity index (χ1v) is 9.17. The molecule has 0 bridgehead atoms. The molecule has 2 aromatic heterocycles. The molecule has 0 unspecified atom stereocenters. The largest absolute Gasteiger partial charge is 0.455 e. The summed E-state index contributed by atoms with van der Waals surface area (Å²) < 4.78 is 29.6. The first-order valence-electron chi connectivity index (χ1n) is 6.86. The number of nitrogens with two attached hydrogens (primary N) is 1. The standard InChI is InChI=1S/C15H11Cl2N3O4S/c16-9-1-4-14-19-10(7-20(14)6-9)8-24-15(21)12-5-11(25(18,22)23)2-3-13(12)17/h1-7H,8H2,(H2,18,22,23). The van der Waals surface area contributed by atoms with Crippen LogP contribution in [0.5, 0.6) is 0 Å². The van der Waals surface area contributed by atoms with Gasteiger partial charge in [0.2, 0.25) is 10.0 Å². The molecule has 130 valence electrons. The smallest absolute Gasteiger partial charge is 0.340 e. The lowest BCUT2D eigenvalue weighted by molar-refractivity contribution is 0.0468. The fraction of sp³-hybridized carbons (Fsp3) is 0.0667. The average molecular weight is 400 g/mol. The molecule has 10 heteroatoms. The van der Waals surface area contributed by atoms with Crippen LogP contribution in [0.4, 0.5) is 0 Å². The Bertz CT molecular complexity index is 1080. The molecule has 0 aliphatic rings. The van der Waals surface area contributed by atoms with Gasteiger partial charge in [0, 0.05) is 12.4 Å². The lowest BCUT2D eigenvalue weighted by Gasteiger charge is -2.06. The third-order valence-corrected chi connectivity index (χ3v) is 4.77. The number of ether oxygens (including phenoxy) is 1. The third kappa shape index (κ3) is 3.93. The second kappa shape index (κ2) is 6.64. The summed E-state index contributed by atoms with van der Waals surface area (Å²) >= 11 is 11.8. The van der Waals surface area contributed by atoms with Crippen LogP contribution in [0.3, 0.4) is 0 Å². The number of fused-ring (bicyclic) bond motifs is 1. The van der Waals surface area contributed by atoms with Gasteiger partial charge in [-0.2, -0.15) is 0 Å². The molecule has 25 heavy (non-hydrogen) atoms. The minimum absolute atomic E-state index is 0.0548. The van der Waals surface area contributed by atoms with Crippen molar-refractivity contribution in [3.8, 4) is 0 Å². The molecule has 2 N–H and O–H groups in total. The van der Waals surface area contributed by atoms with Gasteiger partial charge in [-0.25, -0.2) is 23.3 Å². The van der Waals surface area contributed by atoms with E-state index in [4.69, 9.17) is 33.1 Å². The van der Waals surface area contributed by atoms with Crippen LogP contribution >= 0.6 is 23.2 Å². The average Bonchev–Trinajstić information content (AvgIpc) is 2.93. The number of imidazole rings is 1. The van der Waals surface area contributed by atoms with Gasteiger partial charge in [0.1, 0.15) is 12.3 Å². The minimum atomic E-state index is -3.96. The van der Waals surface area contributed by atoms with E-state index >= 15 is 0 Å². The SMILES string of the molecule is NS(=O)(=O)c1ccc(Cl)c(C(=O)OCc2cn3cc(Cl)ccc3n2)c1. The van der Waals surface area contributed by atoms with E-state index in [9.17, 15) is 13.2 Å². The zero-order valence-corrected chi connectivity index (χ0v) is 14.8. The molecule has 3 rings (SSSR count). The topological polar surface area (TPSA) is 104 Å². The molecule has 2 heterocycles. The summed E-state index contributed by atoms with van der Waals surface area (Å²) in [4.78, 5) is 16.2. The Balaban J connectivity index is 1.80. The summed E-state index contributed by atoms with van der Waals surface area (Å²) in [7, 11) is -3.96. The fourth-order valence-corrected chi connectivity index (χ4v) is 3.04. The predicted molar refractivity (Wildman–Crippen MR) is 92.1 cm³/mol. The van der Waals surface area contributed by atoms with Crippen molar-refractivity contribution in [2.24, 2.45) is 5.14 Å². The molecule has 0 saturated carbocycles. The molecule has 1 aromatic carbocycles. The molecule has 0 radical (unpaired) electrons. The Labute approximate surface area is 153 Å². The van der Waals surface area contributed by atoms with Crippen molar-refractivity contribution in [2.45, 2.75) is 11.5 Å². The van der Waals surface area contributed by atoms with Crippen molar-refractivity contribution in [2.75, 3.05) is 0 Å². The number of esters is 1. The maximum Gasteiger partial charge on any atom is 0.340 e. The van der Waals surface area contributed by atoms with E-state index < -0.39 is 16.0 Å². The summed E-state index contributed by atoms with van der Waals surface area (Å²) in [6, 6.07) is 6.97. The van der Waals surface area contributed by atoms with Gasteiger partial charge in [0.15, 0.2) is 0 Å². The predicted octanol–water partition coefficient (Wildman–Crippen LogP) is 2.65. The van der Waals surface area contributed by atoms with Gasteiger partial charge in [0.05, 0.1) is 26.2 Å². The maximum atomic E-state index is 12.2. The maximum absolute atomic E-state index is 12.2. The molecule has 0 amide bonds. The van der Waals surface area contributed by atoms with Crippen LogP contribution < -0.4 is 5.14 Å².